The van der Waals surface area contributed by atoms with Crippen LogP contribution in [0, 0.1) is 0 Å². The molecule has 1 aliphatic carbocycles. The Morgan fingerprint density at radius 2 is 1.88 bits per heavy atom. The number of nitrogens with zero attached hydrogens (tertiary/aromatic N) is 2. The second-order valence-corrected chi connectivity index (χ2v) is 7.83. The molecule has 0 aromatic heterocycles. The lowest BCUT2D eigenvalue weighted by Crippen LogP contribution is -2.27. The molecule has 0 radical (unpaired) electrons. The molecule has 24 heavy (non-hydrogen) atoms. The topological polar surface area (TPSA) is 6.48 Å². The van der Waals surface area contributed by atoms with Crippen LogP contribution in [0.3, 0.4) is 0 Å². The van der Waals surface area contributed by atoms with E-state index in [-0.39, 0.29) is 0 Å². The van der Waals surface area contributed by atoms with Crippen LogP contribution >= 0.6 is 11.6 Å². The zero-order chi connectivity index (χ0) is 16.7. The van der Waals surface area contributed by atoms with E-state index in [1.165, 1.54) is 48.2 Å². The monoisotopic (exact) mass is 340 g/mol. The lowest BCUT2D eigenvalue weighted by molar-refractivity contribution is 0.197. The summed E-state index contributed by atoms with van der Waals surface area (Å²) in [5.41, 5.74) is 5.66. The van der Waals surface area contributed by atoms with Gasteiger partial charge in [-0.3, -0.25) is 4.90 Å². The summed E-state index contributed by atoms with van der Waals surface area (Å²) in [6.45, 7) is 2.21. The first-order valence-corrected chi connectivity index (χ1v) is 9.29. The largest absolute Gasteiger partial charge is 0.378 e. The molecule has 2 aromatic rings. The van der Waals surface area contributed by atoms with Gasteiger partial charge >= 0.3 is 0 Å². The number of fused-ring (bicyclic) bond motifs is 5. The molecule has 126 valence electrons. The van der Waals surface area contributed by atoms with E-state index < -0.39 is 0 Å². The van der Waals surface area contributed by atoms with Gasteiger partial charge in [0.2, 0.25) is 0 Å². The van der Waals surface area contributed by atoms with Crippen LogP contribution in [-0.2, 0) is 6.54 Å². The predicted molar refractivity (Wildman–Crippen MR) is 102 cm³/mol. The summed E-state index contributed by atoms with van der Waals surface area (Å²) in [4.78, 5) is 4.81. The van der Waals surface area contributed by atoms with Crippen molar-refractivity contribution in [3.63, 3.8) is 0 Å². The van der Waals surface area contributed by atoms with Crippen LogP contribution in [0.2, 0.25) is 5.02 Å². The predicted octanol–water partition coefficient (Wildman–Crippen LogP) is 5.23. The zero-order valence-electron chi connectivity index (χ0n) is 14.5. The number of hydrogen-bond acceptors (Lipinski definition) is 2. The smallest absolute Gasteiger partial charge is 0.0409 e. The highest BCUT2D eigenvalue weighted by atomic mass is 35.5. The van der Waals surface area contributed by atoms with Gasteiger partial charge in [0, 0.05) is 37.4 Å². The first kappa shape index (κ1) is 16.0. The minimum absolute atomic E-state index is 0.528. The number of halogens is 1. The Kier molecular flexibility index (Phi) is 4.28. The van der Waals surface area contributed by atoms with Crippen LogP contribution < -0.4 is 4.90 Å². The molecule has 1 heterocycles. The molecule has 2 atom stereocenters. The third-order valence-electron chi connectivity index (χ3n) is 5.63. The number of hydrogen-bond donors (Lipinski definition) is 0. The van der Waals surface area contributed by atoms with Gasteiger partial charge in [-0.25, -0.2) is 0 Å². The van der Waals surface area contributed by atoms with E-state index in [1.807, 2.05) is 0 Å². The Labute approximate surface area is 150 Å². The van der Waals surface area contributed by atoms with Crippen LogP contribution in [0.15, 0.2) is 42.5 Å². The minimum atomic E-state index is 0.528. The summed E-state index contributed by atoms with van der Waals surface area (Å²) in [6, 6.07) is 16.0. The van der Waals surface area contributed by atoms with Crippen molar-refractivity contribution in [3.8, 4) is 0 Å². The molecule has 4 rings (SSSR count). The van der Waals surface area contributed by atoms with E-state index in [1.54, 1.807) is 0 Å². The van der Waals surface area contributed by atoms with Crippen molar-refractivity contribution in [1.29, 1.82) is 0 Å². The molecule has 2 unspecified atom stereocenters. The van der Waals surface area contributed by atoms with Gasteiger partial charge in [0.05, 0.1) is 0 Å². The highest BCUT2D eigenvalue weighted by Gasteiger charge is 2.36. The lowest BCUT2D eigenvalue weighted by Gasteiger charge is -2.29. The first-order valence-electron chi connectivity index (χ1n) is 8.91. The molecule has 0 spiro atoms. The van der Waals surface area contributed by atoms with Gasteiger partial charge in [0.25, 0.3) is 0 Å². The van der Waals surface area contributed by atoms with E-state index >= 15 is 0 Å². The number of likely N-dealkylation sites (tertiary alicyclic amines) is 1. The van der Waals surface area contributed by atoms with Gasteiger partial charge in [0.1, 0.15) is 0 Å². The highest BCUT2D eigenvalue weighted by Crippen LogP contribution is 2.48. The fourth-order valence-electron chi connectivity index (χ4n) is 4.37. The average Bonchev–Trinajstić information content (AvgIpc) is 2.78. The van der Waals surface area contributed by atoms with Crippen LogP contribution in [0.25, 0.3) is 0 Å². The SMILES string of the molecule is CN(C)c1ccc(CN2CCCC3CC2c2cc(Cl)ccc23)cc1. The summed E-state index contributed by atoms with van der Waals surface area (Å²) in [7, 11) is 4.17. The lowest BCUT2D eigenvalue weighted by atomic mass is 9.96. The fourth-order valence-corrected chi connectivity index (χ4v) is 4.55. The van der Waals surface area contributed by atoms with E-state index in [0.717, 1.165) is 17.5 Å². The maximum absolute atomic E-state index is 6.29. The second kappa shape index (κ2) is 6.42. The van der Waals surface area contributed by atoms with Crippen molar-refractivity contribution < 1.29 is 0 Å². The highest BCUT2D eigenvalue weighted by molar-refractivity contribution is 6.30. The fraction of sp³-hybridized carbons (Fsp3) is 0.429. The molecule has 3 heteroatoms. The summed E-state index contributed by atoms with van der Waals surface area (Å²) in [5, 5.41) is 0.871. The van der Waals surface area contributed by atoms with Crippen molar-refractivity contribution in [3.05, 3.63) is 64.2 Å². The van der Waals surface area contributed by atoms with Crippen molar-refractivity contribution >= 4 is 17.3 Å². The van der Waals surface area contributed by atoms with Crippen molar-refractivity contribution in [2.45, 2.75) is 37.8 Å². The number of rotatable bonds is 3. The third-order valence-corrected chi connectivity index (χ3v) is 5.87. The molecule has 0 N–H and O–H groups in total. The van der Waals surface area contributed by atoms with E-state index in [9.17, 15) is 0 Å². The molecule has 0 amide bonds. The van der Waals surface area contributed by atoms with Crippen molar-refractivity contribution in [1.82, 2.24) is 4.90 Å². The molecule has 1 aliphatic heterocycles. The van der Waals surface area contributed by atoms with Gasteiger partial charge in [0.15, 0.2) is 0 Å². The first-order chi connectivity index (χ1) is 11.6. The van der Waals surface area contributed by atoms with Gasteiger partial charge in [-0.15, -0.1) is 0 Å². The molecular formula is C21H25ClN2. The van der Waals surface area contributed by atoms with Gasteiger partial charge in [-0.05, 0) is 72.7 Å². The quantitative estimate of drug-likeness (QED) is 0.754. The number of anilines is 1. The Morgan fingerprint density at radius 1 is 1.08 bits per heavy atom. The molecule has 2 aliphatic rings. The molecule has 1 fully saturated rings. The Hall–Kier alpha value is -1.51. The van der Waals surface area contributed by atoms with E-state index in [4.69, 9.17) is 11.6 Å². The normalized spacial score (nSPS) is 23.0. The maximum Gasteiger partial charge on any atom is 0.0409 e. The summed E-state index contributed by atoms with van der Waals surface area (Å²) >= 11 is 6.29. The molecule has 2 aromatic carbocycles. The van der Waals surface area contributed by atoms with E-state index in [2.05, 4.69) is 66.4 Å². The summed E-state index contributed by atoms with van der Waals surface area (Å²) in [5.74, 6) is 0.725. The Bertz CT molecular complexity index is 723. The average molecular weight is 341 g/mol. The molecule has 0 saturated carbocycles. The van der Waals surface area contributed by atoms with Crippen LogP contribution in [-0.4, -0.2) is 25.5 Å². The molecule has 2 bridgehead atoms. The third kappa shape index (κ3) is 2.94. The zero-order valence-corrected chi connectivity index (χ0v) is 15.3. The minimum Gasteiger partial charge on any atom is -0.378 e. The van der Waals surface area contributed by atoms with Gasteiger partial charge in [-0.2, -0.15) is 0 Å². The van der Waals surface area contributed by atoms with Gasteiger partial charge in [-0.1, -0.05) is 29.8 Å². The van der Waals surface area contributed by atoms with Crippen LogP contribution in [0.1, 0.15) is 47.9 Å². The maximum atomic E-state index is 6.29. The van der Waals surface area contributed by atoms with Crippen LogP contribution in [0.4, 0.5) is 5.69 Å². The summed E-state index contributed by atoms with van der Waals surface area (Å²) in [6.07, 6.45) is 3.85. The standard InChI is InChI=1S/C21H25ClN2/c1-23(2)18-8-5-15(6-9-18)14-24-11-3-4-16-12-21(24)20-13-17(22)7-10-19(16)20/h5-10,13,16,21H,3-4,11-12,14H2,1-2H3. The van der Waals surface area contributed by atoms with Crippen molar-refractivity contribution in [2.24, 2.45) is 0 Å². The van der Waals surface area contributed by atoms with Gasteiger partial charge < -0.3 is 4.90 Å². The molecule has 2 nitrogen and oxygen atoms in total. The van der Waals surface area contributed by atoms with Crippen LogP contribution in [0.5, 0.6) is 0 Å². The van der Waals surface area contributed by atoms with Crippen molar-refractivity contribution in [2.75, 3.05) is 25.5 Å². The second-order valence-electron chi connectivity index (χ2n) is 7.40. The van der Waals surface area contributed by atoms with E-state index in [0.29, 0.717) is 6.04 Å². The number of benzene rings is 2. The summed E-state index contributed by atoms with van der Waals surface area (Å²) < 4.78 is 0. The Morgan fingerprint density at radius 3 is 2.62 bits per heavy atom. The molecular weight excluding hydrogens is 316 g/mol. The molecule has 1 saturated heterocycles. The Balaban J connectivity index is 1.59.